The molecule has 0 amide bonds. The first-order valence-electron chi connectivity index (χ1n) is 11.6. The number of hydrogen-bond acceptors (Lipinski definition) is 2. The van der Waals surface area contributed by atoms with Crippen molar-refractivity contribution >= 4 is 16.7 Å². The lowest BCUT2D eigenvalue weighted by molar-refractivity contribution is 0.841. The van der Waals surface area contributed by atoms with Crippen molar-refractivity contribution in [2.45, 2.75) is 13.3 Å². The summed E-state index contributed by atoms with van der Waals surface area (Å²) in [5.74, 6) is 1.03. The van der Waals surface area contributed by atoms with E-state index in [1.165, 1.54) is 33.4 Å². The minimum absolute atomic E-state index is 0.961. The third kappa shape index (κ3) is 4.38. The normalized spacial score (nSPS) is 11.0. The van der Waals surface area contributed by atoms with Crippen LogP contribution < -0.4 is 4.90 Å². The quantitative estimate of drug-likeness (QED) is 0.272. The Morgan fingerprint density at radius 1 is 0.606 bits per heavy atom. The fourth-order valence-electron chi connectivity index (χ4n) is 4.43. The Labute approximate surface area is 196 Å². The third-order valence-corrected chi connectivity index (χ3v) is 6.08. The second kappa shape index (κ2) is 9.30. The highest BCUT2D eigenvalue weighted by Crippen LogP contribution is 2.37. The van der Waals surface area contributed by atoms with Crippen LogP contribution in [0.2, 0.25) is 0 Å². The molecule has 0 unspecified atom stereocenters. The predicted molar refractivity (Wildman–Crippen MR) is 142 cm³/mol. The largest absolute Gasteiger partial charge is 0.359 e. The van der Waals surface area contributed by atoms with Crippen LogP contribution in [-0.2, 0) is 0 Å². The van der Waals surface area contributed by atoms with Crippen molar-refractivity contribution in [3.05, 3.63) is 109 Å². The summed E-state index contributed by atoms with van der Waals surface area (Å²) >= 11 is 0. The van der Waals surface area contributed by atoms with Crippen LogP contribution in [0.5, 0.6) is 0 Å². The summed E-state index contributed by atoms with van der Waals surface area (Å²) in [6, 6.07) is 38.8. The van der Waals surface area contributed by atoms with Crippen molar-refractivity contribution in [3.63, 3.8) is 0 Å². The number of hydrogen-bond donors (Lipinski definition) is 0. The molecule has 0 saturated carbocycles. The van der Waals surface area contributed by atoms with Gasteiger partial charge < -0.3 is 4.90 Å². The van der Waals surface area contributed by atoms with Gasteiger partial charge in [0.2, 0.25) is 0 Å². The highest BCUT2D eigenvalue weighted by atomic mass is 15.2. The molecule has 0 radical (unpaired) electrons. The maximum absolute atomic E-state index is 5.10. The first-order chi connectivity index (χ1) is 16.2. The highest BCUT2D eigenvalue weighted by molar-refractivity contribution is 5.92. The second-order valence-electron chi connectivity index (χ2n) is 8.50. The lowest BCUT2D eigenvalue weighted by Crippen LogP contribution is -2.20. The van der Waals surface area contributed by atoms with E-state index in [1.807, 2.05) is 0 Å². The van der Waals surface area contributed by atoms with E-state index in [0.717, 1.165) is 29.7 Å². The predicted octanol–water partition coefficient (Wildman–Crippen LogP) is 8.08. The fraction of sp³-hybridized carbons (Fsp3) is 0.129. The summed E-state index contributed by atoms with van der Waals surface area (Å²) in [6.07, 6.45) is 1.07. The van der Waals surface area contributed by atoms with Gasteiger partial charge in [-0.05, 0) is 64.6 Å². The Balaban J connectivity index is 1.77. The molecular formula is C31H28N2. The fourth-order valence-corrected chi connectivity index (χ4v) is 4.43. The summed E-state index contributed by atoms with van der Waals surface area (Å²) in [7, 11) is 2.14. The van der Waals surface area contributed by atoms with Crippen molar-refractivity contribution in [1.29, 1.82) is 0 Å². The molecule has 4 aromatic carbocycles. The van der Waals surface area contributed by atoms with Gasteiger partial charge in [-0.25, -0.2) is 4.98 Å². The van der Waals surface area contributed by atoms with Crippen LogP contribution in [0, 0.1) is 0 Å². The minimum Gasteiger partial charge on any atom is -0.359 e. The van der Waals surface area contributed by atoms with E-state index in [4.69, 9.17) is 4.98 Å². The molecule has 0 saturated heterocycles. The van der Waals surface area contributed by atoms with E-state index in [9.17, 15) is 0 Å². The molecular weight excluding hydrogens is 400 g/mol. The number of para-hydroxylation sites is 1. The SMILES string of the molecule is CCCN(C)c1nc2ccccc2cc1-c1cc(-c2ccccc2)cc(-c2ccccc2)c1. The molecule has 5 rings (SSSR count). The van der Waals surface area contributed by atoms with E-state index in [0.29, 0.717) is 0 Å². The van der Waals surface area contributed by atoms with E-state index >= 15 is 0 Å². The van der Waals surface area contributed by atoms with Gasteiger partial charge in [-0.3, -0.25) is 0 Å². The highest BCUT2D eigenvalue weighted by Gasteiger charge is 2.15. The standard InChI is InChI=1S/C31H28N2/c1-3-18-33(2)31-29(22-25-16-10-11-17-30(25)32-31)28-20-26(23-12-6-4-7-13-23)19-27(21-28)24-14-8-5-9-15-24/h4-17,19-22H,3,18H2,1-2H3. The molecule has 33 heavy (non-hydrogen) atoms. The third-order valence-electron chi connectivity index (χ3n) is 6.08. The number of rotatable bonds is 6. The number of pyridine rings is 1. The van der Waals surface area contributed by atoms with Crippen molar-refractivity contribution < 1.29 is 0 Å². The lowest BCUT2D eigenvalue weighted by atomic mass is 9.93. The Morgan fingerprint density at radius 2 is 1.15 bits per heavy atom. The van der Waals surface area contributed by atoms with Crippen LogP contribution in [0.25, 0.3) is 44.3 Å². The van der Waals surface area contributed by atoms with Gasteiger partial charge in [0.25, 0.3) is 0 Å². The van der Waals surface area contributed by atoms with Gasteiger partial charge in [0, 0.05) is 24.5 Å². The van der Waals surface area contributed by atoms with Crippen molar-refractivity contribution in [2.24, 2.45) is 0 Å². The molecule has 1 aromatic heterocycles. The molecule has 0 atom stereocenters. The van der Waals surface area contributed by atoms with E-state index in [1.54, 1.807) is 0 Å². The van der Waals surface area contributed by atoms with Crippen LogP contribution in [0.15, 0.2) is 109 Å². The van der Waals surface area contributed by atoms with Gasteiger partial charge in [0.05, 0.1) is 5.52 Å². The number of nitrogens with zero attached hydrogens (tertiary/aromatic N) is 2. The Hall–Kier alpha value is -3.91. The second-order valence-corrected chi connectivity index (χ2v) is 8.50. The number of aromatic nitrogens is 1. The van der Waals surface area contributed by atoms with Crippen LogP contribution >= 0.6 is 0 Å². The molecule has 0 aliphatic rings. The average molecular weight is 429 g/mol. The van der Waals surface area contributed by atoms with Gasteiger partial charge >= 0.3 is 0 Å². The summed E-state index contributed by atoms with van der Waals surface area (Å²) in [4.78, 5) is 7.38. The maximum Gasteiger partial charge on any atom is 0.136 e. The van der Waals surface area contributed by atoms with Gasteiger partial charge in [-0.1, -0.05) is 85.8 Å². The zero-order valence-electron chi connectivity index (χ0n) is 19.2. The van der Waals surface area contributed by atoms with Gasteiger partial charge in [0.15, 0.2) is 0 Å². The molecule has 5 aromatic rings. The molecule has 0 aliphatic carbocycles. The summed E-state index contributed by atoms with van der Waals surface area (Å²) in [6.45, 7) is 3.17. The zero-order valence-corrected chi connectivity index (χ0v) is 19.2. The lowest BCUT2D eigenvalue weighted by Gasteiger charge is -2.22. The molecule has 162 valence electrons. The van der Waals surface area contributed by atoms with Crippen molar-refractivity contribution in [1.82, 2.24) is 4.98 Å². The molecule has 2 nitrogen and oxygen atoms in total. The average Bonchev–Trinajstić information content (AvgIpc) is 2.89. The van der Waals surface area contributed by atoms with E-state index in [-0.39, 0.29) is 0 Å². The van der Waals surface area contributed by atoms with Crippen LogP contribution in [0.1, 0.15) is 13.3 Å². The summed E-state index contributed by atoms with van der Waals surface area (Å²) in [5, 5.41) is 1.16. The van der Waals surface area contributed by atoms with E-state index < -0.39 is 0 Å². The van der Waals surface area contributed by atoms with Gasteiger partial charge in [0.1, 0.15) is 5.82 Å². The monoisotopic (exact) mass is 428 g/mol. The molecule has 2 heteroatoms. The first kappa shape index (κ1) is 21.0. The smallest absolute Gasteiger partial charge is 0.136 e. The molecule has 0 N–H and O–H groups in total. The van der Waals surface area contributed by atoms with Crippen molar-refractivity contribution in [2.75, 3.05) is 18.5 Å². The molecule has 1 heterocycles. The minimum atomic E-state index is 0.961. The number of anilines is 1. The number of benzene rings is 4. The van der Waals surface area contributed by atoms with Crippen LogP contribution in [-0.4, -0.2) is 18.6 Å². The summed E-state index contributed by atoms with van der Waals surface area (Å²) < 4.78 is 0. The first-order valence-corrected chi connectivity index (χ1v) is 11.6. The molecule has 0 spiro atoms. The van der Waals surface area contributed by atoms with E-state index in [2.05, 4.69) is 128 Å². The molecule has 0 bridgehead atoms. The van der Waals surface area contributed by atoms with Crippen LogP contribution in [0.3, 0.4) is 0 Å². The Kier molecular flexibility index (Phi) is 5.91. The maximum atomic E-state index is 5.10. The topological polar surface area (TPSA) is 16.1 Å². The van der Waals surface area contributed by atoms with Crippen molar-refractivity contribution in [3.8, 4) is 33.4 Å². The molecule has 0 aliphatic heterocycles. The Morgan fingerprint density at radius 3 is 1.76 bits per heavy atom. The molecule has 0 fully saturated rings. The summed E-state index contributed by atoms with van der Waals surface area (Å²) in [5.41, 5.74) is 8.24. The Bertz CT molecular complexity index is 1320. The zero-order chi connectivity index (χ0) is 22.6. The van der Waals surface area contributed by atoms with Crippen LogP contribution in [0.4, 0.5) is 5.82 Å². The number of fused-ring (bicyclic) bond motifs is 1. The van der Waals surface area contributed by atoms with Gasteiger partial charge in [-0.2, -0.15) is 0 Å². The van der Waals surface area contributed by atoms with Gasteiger partial charge in [-0.15, -0.1) is 0 Å².